The number of aromatic nitrogens is 2. The number of carbonyl (C=O) groups is 1. The van der Waals surface area contributed by atoms with Crippen LogP contribution < -0.4 is 5.43 Å². The number of thioether (sulfide) groups is 1. The number of benzene rings is 1. The molecule has 0 spiro atoms. The lowest BCUT2D eigenvalue weighted by Gasteiger charge is -2.01. The molecule has 0 saturated heterocycles. The van der Waals surface area contributed by atoms with Gasteiger partial charge in [0.2, 0.25) is 5.91 Å². The lowest BCUT2D eigenvalue weighted by atomic mass is 10.1. The number of amides is 1. The average Bonchev–Trinajstić information content (AvgIpc) is 2.84. The van der Waals surface area contributed by atoms with Crippen molar-refractivity contribution in [3.8, 4) is 0 Å². The summed E-state index contributed by atoms with van der Waals surface area (Å²) in [6.07, 6.45) is 4.74. The van der Waals surface area contributed by atoms with Crippen molar-refractivity contribution in [1.82, 2.24) is 15.6 Å². The number of carbonyl (C=O) groups excluding carboxylic acids is 1. The minimum atomic E-state index is -0.100. The second kappa shape index (κ2) is 7.79. The highest BCUT2D eigenvalue weighted by atomic mass is 32.2. The second-order valence-corrected chi connectivity index (χ2v) is 5.86. The molecule has 6 heteroatoms. The van der Waals surface area contributed by atoms with Gasteiger partial charge in [0.05, 0.1) is 11.9 Å². The lowest BCUT2D eigenvalue weighted by molar-refractivity contribution is -0.121. The standard InChI is InChI=1S/C16H20N4OS/c1-11-15(12(2)19-18-11)8-9-16(21)20-17-10-13-4-6-14(22-3)7-5-13/h4-7,10H,8-9H2,1-3H3,(H,18,19)(H,20,21). The maximum atomic E-state index is 11.8. The summed E-state index contributed by atoms with van der Waals surface area (Å²) < 4.78 is 0. The molecule has 0 atom stereocenters. The summed E-state index contributed by atoms with van der Waals surface area (Å²) in [6.45, 7) is 3.90. The van der Waals surface area contributed by atoms with Gasteiger partial charge in [0.15, 0.2) is 0 Å². The zero-order chi connectivity index (χ0) is 15.9. The molecule has 2 rings (SSSR count). The molecule has 1 aromatic carbocycles. The third kappa shape index (κ3) is 4.46. The smallest absolute Gasteiger partial charge is 0.240 e. The van der Waals surface area contributed by atoms with Gasteiger partial charge in [-0.25, -0.2) is 5.43 Å². The van der Waals surface area contributed by atoms with E-state index >= 15 is 0 Å². The van der Waals surface area contributed by atoms with Crippen LogP contribution in [0.5, 0.6) is 0 Å². The fourth-order valence-electron chi connectivity index (χ4n) is 2.11. The number of hydrogen-bond donors (Lipinski definition) is 2. The maximum Gasteiger partial charge on any atom is 0.240 e. The Morgan fingerprint density at radius 2 is 2.09 bits per heavy atom. The molecule has 0 fully saturated rings. The zero-order valence-corrected chi connectivity index (χ0v) is 13.8. The molecule has 1 aromatic heterocycles. The SMILES string of the molecule is CSc1ccc(C=NNC(=O)CCc2c(C)n[nH]c2C)cc1. The van der Waals surface area contributed by atoms with E-state index in [1.807, 2.05) is 44.4 Å². The Morgan fingerprint density at radius 1 is 1.36 bits per heavy atom. The van der Waals surface area contributed by atoms with E-state index in [0.717, 1.165) is 22.5 Å². The lowest BCUT2D eigenvalue weighted by Crippen LogP contribution is -2.18. The molecule has 0 aliphatic rings. The van der Waals surface area contributed by atoms with Crippen molar-refractivity contribution in [3.05, 3.63) is 46.8 Å². The van der Waals surface area contributed by atoms with Crippen molar-refractivity contribution in [2.75, 3.05) is 6.26 Å². The van der Waals surface area contributed by atoms with Crippen molar-refractivity contribution in [2.24, 2.45) is 5.10 Å². The highest BCUT2D eigenvalue weighted by molar-refractivity contribution is 7.98. The Bertz CT molecular complexity index is 642. The normalized spacial score (nSPS) is 11.0. The molecule has 0 aliphatic carbocycles. The molecule has 22 heavy (non-hydrogen) atoms. The van der Waals surface area contributed by atoms with Crippen molar-refractivity contribution >= 4 is 23.9 Å². The van der Waals surface area contributed by atoms with Gasteiger partial charge in [0, 0.05) is 17.0 Å². The Balaban J connectivity index is 1.81. The van der Waals surface area contributed by atoms with Crippen LogP contribution in [0.2, 0.25) is 0 Å². The quantitative estimate of drug-likeness (QED) is 0.489. The Labute approximate surface area is 134 Å². The van der Waals surface area contributed by atoms with E-state index in [0.29, 0.717) is 12.8 Å². The summed E-state index contributed by atoms with van der Waals surface area (Å²) >= 11 is 1.69. The monoisotopic (exact) mass is 316 g/mol. The van der Waals surface area contributed by atoms with Crippen LogP contribution in [0, 0.1) is 13.8 Å². The van der Waals surface area contributed by atoms with Gasteiger partial charge in [-0.2, -0.15) is 10.2 Å². The van der Waals surface area contributed by atoms with Crippen LogP contribution >= 0.6 is 11.8 Å². The molecule has 0 bridgehead atoms. The Hall–Kier alpha value is -2.08. The van der Waals surface area contributed by atoms with E-state index in [9.17, 15) is 4.79 Å². The highest BCUT2D eigenvalue weighted by Gasteiger charge is 2.08. The molecular weight excluding hydrogens is 296 g/mol. The first kappa shape index (κ1) is 16.3. The summed E-state index contributed by atoms with van der Waals surface area (Å²) in [5, 5.41) is 11.0. The molecule has 0 aliphatic heterocycles. The first-order valence-corrected chi connectivity index (χ1v) is 8.29. The number of rotatable bonds is 6. The summed E-state index contributed by atoms with van der Waals surface area (Å²) in [4.78, 5) is 13.0. The topological polar surface area (TPSA) is 70.1 Å². The van der Waals surface area contributed by atoms with Crippen molar-refractivity contribution in [1.29, 1.82) is 0 Å². The summed E-state index contributed by atoms with van der Waals surface area (Å²) in [5.74, 6) is -0.100. The van der Waals surface area contributed by atoms with Gasteiger partial charge in [-0.1, -0.05) is 12.1 Å². The number of nitrogens with zero attached hydrogens (tertiary/aromatic N) is 2. The summed E-state index contributed by atoms with van der Waals surface area (Å²) in [6, 6.07) is 8.00. The van der Waals surface area contributed by atoms with E-state index in [2.05, 4.69) is 20.7 Å². The van der Waals surface area contributed by atoms with E-state index in [-0.39, 0.29) is 5.91 Å². The van der Waals surface area contributed by atoms with Crippen LogP contribution in [-0.2, 0) is 11.2 Å². The number of aromatic amines is 1. The molecule has 0 radical (unpaired) electrons. The molecule has 2 aromatic rings. The Morgan fingerprint density at radius 3 is 2.68 bits per heavy atom. The van der Waals surface area contributed by atoms with Crippen molar-refractivity contribution in [3.63, 3.8) is 0 Å². The van der Waals surface area contributed by atoms with Gasteiger partial charge < -0.3 is 0 Å². The molecule has 1 amide bonds. The largest absolute Gasteiger partial charge is 0.282 e. The summed E-state index contributed by atoms with van der Waals surface area (Å²) in [5.41, 5.74) is 6.58. The minimum Gasteiger partial charge on any atom is -0.282 e. The van der Waals surface area contributed by atoms with E-state index in [1.165, 1.54) is 4.90 Å². The van der Waals surface area contributed by atoms with Gasteiger partial charge in [-0.05, 0) is 49.8 Å². The number of H-pyrrole nitrogens is 1. The molecular formula is C16H20N4OS. The molecule has 0 unspecified atom stereocenters. The van der Waals surface area contributed by atoms with Crippen LogP contribution in [0.15, 0.2) is 34.3 Å². The number of aryl methyl sites for hydroxylation is 2. The highest BCUT2D eigenvalue weighted by Crippen LogP contribution is 2.14. The van der Waals surface area contributed by atoms with Crippen LogP contribution in [0.1, 0.15) is 28.9 Å². The van der Waals surface area contributed by atoms with Crippen molar-refractivity contribution in [2.45, 2.75) is 31.6 Å². The maximum absolute atomic E-state index is 11.8. The van der Waals surface area contributed by atoms with Crippen molar-refractivity contribution < 1.29 is 4.79 Å². The minimum absolute atomic E-state index is 0.100. The van der Waals surface area contributed by atoms with Crippen LogP contribution in [0.25, 0.3) is 0 Å². The third-order valence-corrected chi connectivity index (χ3v) is 4.15. The van der Waals surface area contributed by atoms with Gasteiger partial charge in [-0.3, -0.25) is 9.89 Å². The Kier molecular flexibility index (Phi) is 5.77. The van der Waals surface area contributed by atoms with Gasteiger partial charge >= 0.3 is 0 Å². The fraction of sp³-hybridized carbons (Fsp3) is 0.312. The fourth-order valence-corrected chi connectivity index (χ4v) is 2.51. The number of nitrogens with one attached hydrogen (secondary N) is 2. The predicted molar refractivity (Wildman–Crippen MR) is 90.3 cm³/mol. The summed E-state index contributed by atoms with van der Waals surface area (Å²) in [7, 11) is 0. The van der Waals surface area contributed by atoms with Crippen LogP contribution in [0.4, 0.5) is 0 Å². The van der Waals surface area contributed by atoms with Crippen LogP contribution in [0.3, 0.4) is 0 Å². The number of hydrogen-bond acceptors (Lipinski definition) is 4. The van der Waals surface area contributed by atoms with Gasteiger partial charge in [0.25, 0.3) is 0 Å². The molecule has 5 nitrogen and oxygen atoms in total. The zero-order valence-electron chi connectivity index (χ0n) is 13.0. The average molecular weight is 316 g/mol. The number of hydrazone groups is 1. The van der Waals surface area contributed by atoms with E-state index in [4.69, 9.17) is 0 Å². The first-order chi connectivity index (χ1) is 10.6. The predicted octanol–water partition coefficient (Wildman–Crippen LogP) is 2.83. The molecule has 1 heterocycles. The van der Waals surface area contributed by atoms with Crippen LogP contribution in [-0.4, -0.2) is 28.6 Å². The molecule has 2 N–H and O–H groups in total. The first-order valence-electron chi connectivity index (χ1n) is 7.06. The molecule has 116 valence electrons. The third-order valence-electron chi connectivity index (χ3n) is 3.40. The van der Waals surface area contributed by atoms with Gasteiger partial charge in [-0.15, -0.1) is 11.8 Å². The van der Waals surface area contributed by atoms with Gasteiger partial charge in [0.1, 0.15) is 0 Å². The van der Waals surface area contributed by atoms with E-state index < -0.39 is 0 Å². The second-order valence-electron chi connectivity index (χ2n) is 4.98. The molecule has 0 saturated carbocycles. The van der Waals surface area contributed by atoms with E-state index in [1.54, 1.807) is 18.0 Å².